The van der Waals surface area contributed by atoms with Crippen molar-refractivity contribution in [1.82, 2.24) is 24.3 Å². The Morgan fingerprint density at radius 1 is 1.18 bits per heavy atom. The van der Waals surface area contributed by atoms with E-state index in [0.29, 0.717) is 24.0 Å². The van der Waals surface area contributed by atoms with Crippen LogP contribution < -0.4 is 4.74 Å². The van der Waals surface area contributed by atoms with Gasteiger partial charge in [0.05, 0.1) is 12.1 Å². The normalized spacial score (nSPS) is 15.8. The number of carbonyl (C=O) groups is 1. The minimum Gasteiger partial charge on any atom is -0.477 e. The molecular weight excluding hydrogens is 358 g/mol. The molecule has 0 aliphatic carbocycles. The number of ether oxygens (including phenoxy) is 1. The Morgan fingerprint density at radius 3 is 2.71 bits per heavy atom. The summed E-state index contributed by atoms with van der Waals surface area (Å²) >= 11 is 0. The van der Waals surface area contributed by atoms with Crippen molar-refractivity contribution in [3.8, 4) is 11.6 Å². The van der Waals surface area contributed by atoms with Gasteiger partial charge in [0.2, 0.25) is 5.88 Å². The van der Waals surface area contributed by atoms with Gasteiger partial charge in [-0.25, -0.2) is 9.78 Å². The summed E-state index contributed by atoms with van der Waals surface area (Å²) in [5, 5.41) is 10.2. The average molecular weight is 381 g/mol. The highest BCUT2D eigenvalue weighted by Crippen LogP contribution is 2.31. The number of hydrogen-bond donors (Lipinski definition) is 1. The number of aromatic carboxylic acids is 1. The molecule has 1 aromatic carbocycles. The fraction of sp³-hybridized carbons (Fsp3) is 0.350. The van der Waals surface area contributed by atoms with Crippen LogP contribution in [0, 0.1) is 0 Å². The highest BCUT2D eigenvalue weighted by Gasteiger charge is 2.17. The van der Waals surface area contributed by atoms with Crippen LogP contribution in [0.1, 0.15) is 16.3 Å². The molecule has 0 spiro atoms. The third-order valence-corrected chi connectivity index (χ3v) is 5.09. The molecule has 0 radical (unpaired) electrons. The summed E-state index contributed by atoms with van der Waals surface area (Å²) in [5.41, 5.74) is 0.934. The zero-order valence-corrected chi connectivity index (χ0v) is 16.0. The van der Waals surface area contributed by atoms with Crippen molar-refractivity contribution in [2.24, 2.45) is 7.05 Å². The highest BCUT2D eigenvalue weighted by molar-refractivity contribution is 5.96. The van der Waals surface area contributed by atoms with Gasteiger partial charge in [-0.05, 0) is 19.2 Å². The number of carboxylic acids is 1. The number of aromatic nitrogens is 3. The molecule has 4 rings (SSSR count). The van der Waals surface area contributed by atoms with Crippen molar-refractivity contribution < 1.29 is 14.6 Å². The van der Waals surface area contributed by atoms with Gasteiger partial charge in [0, 0.05) is 50.9 Å². The largest absolute Gasteiger partial charge is 0.477 e. The lowest BCUT2D eigenvalue weighted by atomic mass is 10.2. The third kappa shape index (κ3) is 3.69. The predicted octanol–water partition coefficient (Wildman–Crippen LogP) is 2.21. The fourth-order valence-electron chi connectivity index (χ4n) is 3.50. The topological polar surface area (TPSA) is 83.7 Å². The number of benzene rings is 1. The summed E-state index contributed by atoms with van der Waals surface area (Å²) in [5.74, 6) is 0.759. The van der Waals surface area contributed by atoms with Crippen LogP contribution >= 0.6 is 0 Å². The fourth-order valence-corrected chi connectivity index (χ4v) is 3.50. The molecule has 1 saturated heterocycles. The molecular formula is C20H23N5O3. The maximum absolute atomic E-state index is 11.4. The van der Waals surface area contributed by atoms with Gasteiger partial charge in [-0.3, -0.25) is 4.90 Å². The minimum absolute atomic E-state index is 0.212. The molecule has 0 bridgehead atoms. The molecule has 3 aromatic rings. The molecule has 2 aromatic heterocycles. The molecule has 8 nitrogen and oxygen atoms in total. The third-order valence-electron chi connectivity index (χ3n) is 5.09. The molecule has 1 aliphatic heterocycles. The van der Waals surface area contributed by atoms with Gasteiger partial charge in [-0.1, -0.05) is 12.1 Å². The van der Waals surface area contributed by atoms with Crippen LogP contribution in [0.3, 0.4) is 0 Å². The SMILES string of the molecule is CN1CCN(Cc2nccc(Oc3cccc4cc(C(=O)O)n(C)c34)n2)CC1. The van der Waals surface area contributed by atoms with Crippen molar-refractivity contribution >= 4 is 16.9 Å². The first-order valence-corrected chi connectivity index (χ1v) is 9.23. The van der Waals surface area contributed by atoms with E-state index < -0.39 is 5.97 Å². The van der Waals surface area contributed by atoms with E-state index in [1.807, 2.05) is 18.2 Å². The van der Waals surface area contributed by atoms with E-state index in [9.17, 15) is 9.90 Å². The molecule has 1 fully saturated rings. The van der Waals surface area contributed by atoms with E-state index in [2.05, 4.69) is 26.8 Å². The molecule has 3 heterocycles. The summed E-state index contributed by atoms with van der Waals surface area (Å²) in [4.78, 5) is 25.0. The summed E-state index contributed by atoms with van der Waals surface area (Å²) in [6.45, 7) is 4.74. The zero-order chi connectivity index (χ0) is 19.7. The van der Waals surface area contributed by atoms with E-state index in [-0.39, 0.29) is 5.69 Å². The Bertz CT molecular complexity index is 1010. The van der Waals surface area contributed by atoms with E-state index in [4.69, 9.17) is 4.74 Å². The number of nitrogens with zero attached hydrogens (tertiary/aromatic N) is 5. The summed E-state index contributed by atoms with van der Waals surface area (Å²) < 4.78 is 7.65. The first-order valence-electron chi connectivity index (χ1n) is 9.23. The summed E-state index contributed by atoms with van der Waals surface area (Å²) in [6, 6.07) is 8.88. The molecule has 8 heteroatoms. The number of aryl methyl sites for hydroxylation is 1. The Balaban J connectivity index is 1.57. The molecule has 0 amide bonds. The van der Waals surface area contributed by atoms with Gasteiger partial charge in [-0.2, -0.15) is 4.98 Å². The van der Waals surface area contributed by atoms with Gasteiger partial charge in [0.25, 0.3) is 0 Å². The monoisotopic (exact) mass is 381 g/mol. The number of rotatable bonds is 5. The van der Waals surface area contributed by atoms with Crippen molar-refractivity contribution in [3.63, 3.8) is 0 Å². The highest BCUT2D eigenvalue weighted by atomic mass is 16.5. The van der Waals surface area contributed by atoms with Crippen LogP contribution in [-0.2, 0) is 13.6 Å². The molecule has 0 unspecified atom stereocenters. The lowest BCUT2D eigenvalue weighted by molar-refractivity contribution is 0.0687. The minimum atomic E-state index is -0.971. The summed E-state index contributed by atoms with van der Waals surface area (Å²) in [7, 11) is 3.85. The summed E-state index contributed by atoms with van der Waals surface area (Å²) in [6.07, 6.45) is 1.70. The first kappa shape index (κ1) is 18.4. The Labute approximate surface area is 163 Å². The number of para-hydroxylation sites is 1. The van der Waals surface area contributed by atoms with Gasteiger partial charge in [0.1, 0.15) is 11.5 Å². The second-order valence-electron chi connectivity index (χ2n) is 7.08. The number of piperazine rings is 1. The molecule has 146 valence electrons. The van der Waals surface area contributed by atoms with Gasteiger partial charge >= 0.3 is 5.97 Å². The van der Waals surface area contributed by atoms with Gasteiger partial charge in [0.15, 0.2) is 5.75 Å². The number of likely N-dealkylation sites (N-methyl/N-ethyl adjacent to an activating group) is 1. The predicted molar refractivity (Wildman–Crippen MR) is 105 cm³/mol. The molecule has 28 heavy (non-hydrogen) atoms. The average Bonchev–Trinajstić information content (AvgIpc) is 3.02. The first-order chi connectivity index (χ1) is 13.5. The maximum atomic E-state index is 11.4. The van der Waals surface area contributed by atoms with Crippen LogP contribution in [0.25, 0.3) is 10.9 Å². The van der Waals surface area contributed by atoms with Crippen LogP contribution in [0.2, 0.25) is 0 Å². The van der Waals surface area contributed by atoms with Gasteiger partial charge in [-0.15, -0.1) is 0 Å². The van der Waals surface area contributed by atoms with E-state index in [1.54, 1.807) is 29.9 Å². The Kier molecular flexibility index (Phi) is 4.97. The second-order valence-corrected chi connectivity index (χ2v) is 7.08. The standard InChI is InChI=1S/C20H23N5O3/c1-23-8-10-25(11-9-23)13-17-21-7-6-18(22-17)28-16-5-3-4-14-12-15(20(26)27)24(2)19(14)16/h3-7,12H,8-11,13H2,1-2H3,(H,26,27). The van der Waals surface area contributed by atoms with E-state index in [0.717, 1.165) is 37.1 Å². The maximum Gasteiger partial charge on any atom is 0.352 e. The second kappa shape index (κ2) is 7.57. The van der Waals surface area contributed by atoms with Crippen molar-refractivity contribution in [3.05, 3.63) is 48.0 Å². The quantitative estimate of drug-likeness (QED) is 0.725. The molecule has 1 N–H and O–H groups in total. The number of fused-ring (bicyclic) bond motifs is 1. The molecule has 1 aliphatic rings. The van der Waals surface area contributed by atoms with Crippen molar-refractivity contribution in [2.45, 2.75) is 6.54 Å². The molecule has 0 saturated carbocycles. The molecule has 0 atom stereocenters. The van der Waals surface area contributed by atoms with Gasteiger partial charge < -0.3 is 19.3 Å². The Morgan fingerprint density at radius 2 is 1.96 bits per heavy atom. The smallest absolute Gasteiger partial charge is 0.352 e. The van der Waals surface area contributed by atoms with E-state index in [1.165, 1.54) is 0 Å². The van der Waals surface area contributed by atoms with Crippen molar-refractivity contribution in [1.29, 1.82) is 0 Å². The van der Waals surface area contributed by atoms with E-state index >= 15 is 0 Å². The zero-order valence-electron chi connectivity index (χ0n) is 16.0. The van der Waals surface area contributed by atoms with Crippen LogP contribution in [-0.4, -0.2) is 68.6 Å². The lowest BCUT2D eigenvalue weighted by Crippen LogP contribution is -2.44. The lowest BCUT2D eigenvalue weighted by Gasteiger charge is -2.31. The van der Waals surface area contributed by atoms with Crippen molar-refractivity contribution in [2.75, 3.05) is 33.2 Å². The van der Waals surface area contributed by atoms with Crippen LogP contribution in [0.5, 0.6) is 11.6 Å². The Hall–Kier alpha value is -2.97. The number of hydrogen-bond acceptors (Lipinski definition) is 6. The number of carboxylic acid groups (broad SMARTS) is 1. The van der Waals surface area contributed by atoms with Crippen LogP contribution in [0.4, 0.5) is 0 Å². The van der Waals surface area contributed by atoms with Crippen LogP contribution in [0.15, 0.2) is 36.5 Å².